The van der Waals surface area contributed by atoms with E-state index in [4.69, 9.17) is 5.26 Å². The van der Waals surface area contributed by atoms with Crippen LogP contribution in [0.3, 0.4) is 0 Å². The molecule has 9 heavy (non-hydrogen) atoms. The average Bonchev–Trinajstić information content (AvgIpc) is 2.34. The fourth-order valence-electron chi connectivity index (χ4n) is 0.430. The Hall–Kier alpha value is -0.950. The van der Waals surface area contributed by atoms with Crippen LogP contribution in [-0.4, -0.2) is 15.7 Å². The van der Waals surface area contributed by atoms with E-state index in [1.165, 1.54) is 11.8 Å². The van der Waals surface area contributed by atoms with Gasteiger partial charge in [-0.05, 0) is 0 Å². The molecule has 0 fully saturated rings. The van der Waals surface area contributed by atoms with Gasteiger partial charge >= 0.3 is 0 Å². The predicted molar refractivity (Wildman–Crippen MR) is 34.9 cm³/mol. The highest BCUT2D eigenvalue weighted by Crippen LogP contribution is 2.09. The summed E-state index contributed by atoms with van der Waals surface area (Å²) in [7, 11) is 0. The SMILES string of the molecule is N#CCSc1ncc[nH]1. The molecule has 4 heteroatoms. The quantitative estimate of drug-likeness (QED) is 0.622. The number of thioether (sulfide) groups is 1. The largest absolute Gasteiger partial charge is 0.340 e. The van der Waals surface area contributed by atoms with Crippen molar-refractivity contribution >= 4 is 11.8 Å². The summed E-state index contributed by atoms with van der Waals surface area (Å²) in [4.78, 5) is 6.78. The highest BCUT2D eigenvalue weighted by molar-refractivity contribution is 7.99. The number of aromatic amines is 1. The van der Waals surface area contributed by atoms with Gasteiger partial charge < -0.3 is 4.98 Å². The molecule has 0 aliphatic heterocycles. The number of rotatable bonds is 2. The number of aromatic nitrogens is 2. The number of nitrogens with one attached hydrogen (secondary N) is 1. The average molecular weight is 139 g/mol. The van der Waals surface area contributed by atoms with E-state index >= 15 is 0 Å². The second-order valence-electron chi connectivity index (χ2n) is 1.34. The Bertz CT molecular complexity index is 198. The number of H-pyrrole nitrogens is 1. The highest BCUT2D eigenvalue weighted by Gasteiger charge is 1.90. The third kappa shape index (κ3) is 1.78. The lowest BCUT2D eigenvalue weighted by molar-refractivity contribution is 1.06. The molecule has 0 aliphatic carbocycles. The monoisotopic (exact) mass is 139 g/mol. The van der Waals surface area contributed by atoms with E-state index in [2.05, 4.69) is 9.97 Å². The van der Waals surface area contributed by atoms with Crippen LogP contribution in [0, 0.1) is 11.3 Å². The molecule has 0 bridgehead atoms. The second-order valence-corrected chi connectivity index (χ2v) is 2.31. The van der Waals surface area contributed by atoms with Crippen molar-refractivity contribution in [1.82, 2.24) is 9.97 Å². The Kier molecular flexibility index (Phi) is 2.16. The van der Waals surface area contributed by atoms with Crippen LogP contribution < -0.4 is 0 Å². The third-order valence-electron chi connectivity index (χ3n) is 0.747. The minimum absolute atomic E-state index is 0.452. The van der Waals surface area contributed by atoms with E-state index in [0.717, 1.165) is 5.16 Å². The first-order valence-electron chi connectivity index (χ1n) is 2.42. The third-order valence-corrected chi connectivity index (χ3v) is 1.52. The van der Waals surface area contributed by atoms with Crippen LogP contribution in [0.2, 0.25) is 0 Å². The lowest BCUT2D eigenvalue weighted by Gasteiger charge is -1.84. The molecule has 0 atom stereocenters. The summed E-state index contributed by atoms with van der Waals surface area (Å²) in [6.45, 7) is 0. The van der Waals surface area contributed by atoms with Crippen molar-refractivity contribution in [2.45, 2.75) is 5.16 Å². The molecule has 0 saturated heterocycles. The highest BCUT2D eigenvalue weighted by atomic mass is 32.2. The van der Waals surface area contributed by atoms with Gasteiger partial charge in [0.15, 0.2) is 5.16 Å². The number of hydrogen-bond acceptors (Lipinski definition) is 3. The molecule has 1 heterocycles. The van der Waals surface area contributed by atoms with Gasteiger partial charge in [0.05, 0.1) is 11.8 Å². The first-order chi connectivity index (χ1) is 4.43. The van der Waals surface area contributed by atoms with Crippen LogP contribution in [0.4, 0.5) is 0 Å². The van der Waals surface area contributed by atoms with Gasteiger partial charge in [-0.3, -0.25) is 0 Å². The predicted octanol–water partition coefficient (Wildman–Crippen LogP) is 1.03. The van der Waals surface area contributed by atoms with Crippen molar-refractivity contribution in [1.29, 1.82) is 5.26 Å². The maximum atomic E-state index is 8.15. The van der Waals surface area contributed by atoms with Crippen LogP contribution in [0.1, 0.15) is 0 Å². The molecule has 1 N–H and O–H groups in total. The van der Waals surface area contributed by atoms with Gasteiger partial charge in [0.2, 0.25) is 0 Å². The first-order valence-corrected chi connectivity index (χ1v) is 3.41. The Morgan fingerprint density at radius 1 is 1.89 bits per heavy atom. The second kappa shape index (κ2) is 3.15. The van der Waals surface area contributed by atoms with Gasteiger partial charge in [-0.1, -0.05) is 11.8 Å². The van der Waals surface area contributed by atoms with Gasteiger partial charge in [-0.25, -0.2) is 4.98 Å². The molecule has 0 aromatic carbocycles. The summed E-state index contributed by atoms with van der Waals surface area (Å²) >= 11 is 1.40. The summed E-state index contributed by atoms with van der Waals surface area (Å²) in [5.41, 5.74) is 0. The zero-order chi connectivity index (χ0) is 6.53. The topological polar surface area (TPSA) is 52.5 Å². The molecular formula is C5H5N3S. The number of hydrogen-bond donors (Lipinski definition) is 1. The minimum Gasteiger partial charge on any atom is -0.340 e. The molecule has 0 aliphatic rings. The van der Waals surface area contributed by atoms with Gasteiger partial charge in [0.1, 0.15) is 0 Å². The first kappa shape index (κ1) is 6.17. The van der Waals surface area contributed by atoms with Crippen molar-refractivity contribution in [3.8, 4) is 6.07 Å². The Balaban J connectivity index is 2.41. The molecule has 0 saturated carbocycles. The number of imidazole rings is 1. The van der Waals surface area contributed by atoms with Crippen molar-refractivity contribution in [2.24, 2.45) is 0 Å². The van der Waals surface area contributed by atoms with Crippen LogP contribution >= 0.6 is 11.8 Å². The molecule has 0 radical (unpaired) electrons. The van der Waals surface area contributed by atoms with Crippen LogP contribution in [0.25, 0.3) is 0 Å². The van der Waals surface area contributed by atoms with Gasteiger partial charge in [0, 0.05) is 12.4 Å². The summed E-state index contributed by atoms with van der Waals surface area (Å²) in [5.74, 6) is 0.452. The molecular weight excluding hydrogens is 134 g/mol. The minimum atomic E-state index is 0.452. The van der Waals surface area contributed by atoms with Crippen LogP contribution in [-0.2, 0) is 0 Å². The molecule has 3 nitrogen and oxygen atoms in total. The maximum absolute atomic E-state index is 8.15. The fourth-order valence-corrected chi connectivity index (χ4v) is 0.918. The normalized spacial score (nSPS) is 8.78. The molecule has 0 spiro atoms. The van der Waals surface area contributed by atoms with E-state index in [9.17, 15) is 0 Å². The van der Waals surface area contributed by atoms with Crippen molar-refractivity contribution in [3.05, 3.63) is 12.4 Å². The fraction of sp³-hybridized carbons (Fsp3) is 0.200. The zero-order valence-electron chi connectivity index (χ0n) is 4.66. The Morgan fingerprint density at radius 2 is 2.78 bits per heavy atom. The van der Waals surface area contributed by atoms with Gasteiger partial charge in [0.25, 0.3) is 0 Å². The smallest absolute Gasteiger partial charge is 0.166 e. The summed E-state index contributed by atoms with van der Waals surface area (Å²) < 4.78 is 0. The van der Waals surface area contributed by atoms with E-state index in [1.54, 1.807) is 12.4 Å². The summed E-state index contributed by atoms with van der Waals surface area (Å²) in [5, 5.41) is 8.95. The van der Waals surface area contributed by atoms with Gasteiger partial charge in [-0.15, -0.1) is 0 Å². The molecule has 0 unspecified atom stereocenters. The molecule has 1 aromatic heterocycles. The summed E-state index contributed by atoms with van der Waals surface area (Å²) in [6, 6.07) is 2.01. The molecule has 0 amide bonds. The summed E-state index contributed by atoms with van der Waals surface area (Å²) in [6.07, 6.45) is 3.40. The maximum Gasteiger partial charge on any atom is 0.166 e. The number of nitriles is 1. The van der Waals surface area contributed by atoms with Crippen LogP contribution in [0.5, 0.6) is 0 Å². The van der Waals surface area contributed by atoms with Gasteiger partial charge in [-0.2, -0.15) is 5.26 Å². The molecule has 1 rings (SSSR count). The molecule has 1 aromatic rings. The lowest BCUT2D eigenvalue weighted by atomic mass is 10.9. The van der Waals surface area contributed by atoms with E-state index in [-0.39, 0.29) is 0 Å². The Morgan fingerprint density at radius 3 is 3.33 bits per heavy atom. The van der Waals surface area contributed by atoms with Crippen molar-refractivity contribution in [3.63, 3.8) is 0 Å². The zero-order valence-corrected chi connectivity index (χ0v) is 5.48. The standard InChI is InChI=1S/C5H5N3S/c6-1-4-9-5-7-2-3-8-5/h2-3H,4H2,(H,7,8). The van der Waals surface area contributed by atoms with E-state index < -0.39 is 0 Å². The van der Waals surface area contributed by atoms with E-state index in [0.29, 0.717) is 5.75 Å². The molecule has 46 valence electrons. The number of nitrogens with zero attached hydrogens (tertiary/aromatic N) is 2. The Labute approximate surface area is 57.1 Å². The van der Waals surface area contributed by atoms with E-state index in [1.807, 2.05) is 6.07 Å². The van der Waals surface area contributed by atoms with Crippen LogP contribution in [0.15, 0.2) is 17.6 Å². The van der Waals surface area contributed by atoms with Crippen molar-refractivity contribution < 1.29 is 0 Å². The lowest BCUT2D eigenvalue weighted by Crippen LogP contribution is -1.74. The van der Waals surface area contributed by atoms with Crippen molar-refractivity contribution in [2.75, 3.05) is 5.75 Å².